The highest BCUT2D eigenvalue weighted by atomic mass is 35.5. The van der Waals surface area contributed by atoms with Gasteiger partial charge in [0.1, 0.15) is 12.0 Å². The highest BCUT2D eigenvalue weighted by Crippen LogP contribution is 2.33. The van der Waals surface area contributed by atoms with E-state index in [0.717, 1.165) is 32.1 Å². The molecule has 1 aliphatic carbocycles. The van der Waals surface area contributed by atoms with Crippen LogP contribution in [0.2, 0.25) is 5.15 Å². The summed E-state index contributed by atoms with van der Waals surface area (Å²) in [7, 11) is 0. The second-order valence-corrected chi connectivity index (χ2v) is 4.21. The molecule has 2 rings (SSSR count). The number of carbonyl (C=O) groups is 1. The molecule has 1 saturated carbocycles. The summed E-state index contributed by atoms with van der Waals surface area (Å²) in [5.41, 5.74) is 6.17. The van der Waals surface area contributed by atoms with Gasteiger partial charge in [-0.15, -0.1) is 0 Å². The highest BCUT2D eigenvalue weighted by Gasteiger charge is 2.26. The molecule has 0 saturated heterocycles. The number of nitrogen functional groups attached to an aromatic ring is 1. The SMILES string of the molecule is Nc1ncnc(Cl)c1N(C=O)C1CCCC1. The quantitative estimate of drug-likeness (QED) is 0.644. The van der Waals surface area contributed by atoms with Crippen LogP contribution in [0.4, 0.5) is 11.5 Å². The molecule has 6 heteroatoms. The van der Waals surface area contributed by atoms with E-state index in [1.165, 1.54) is 6.33 Å². The number of halogens is 1. The molecule has 2 N–H and O–H groups in total. The van der Waals surface area contributed by atoms with Gasteiger partial charge in [-0.2, -0.15) is 0 Å². The molecule has 1 fully saturated rings. The van der Waals surface area contributed by atoms with E-state index in [0.29, 0.717) is 5.69 Å². The van der Waals surface area contributed by atoms with E-state index < -0.39 is 0 Å². The second-order valence-electron chi connectivity index (χ2n) is 3.85. The topological polar surface area (TPSA) is 72.1 Å². The molecule has 0 unspecified atom stereocenters. The number of carbonyl (C=O) groups excluding carboxylic acids is 1. The average molecular weight is 241 g/mol. The summed E-state index contributed by atoms with van der Waals surface area (Å²) in [6.07, 6.45) is 6.25. The molecule has 1 aromatic rings. The van der Waals surface area contributed by atoms with Crippen molar-refractivity contribution in [2.24, 2.45) is 0 Å². The van der Waals surface area contributed by atoms with Gasteiger partial charge in [-0.05, 0) is 12.8 Å². The van der Waals surface area contributed by atoms with Gasteiger partial charge < -0.3 is 10.6 Å². The third kappa shape index (κ3) is 1.95. The molecule has 1 aromatic heterocycles. The van der Waals surface area contributed by atoms with Crippen molar-refractivity contribution < 1.29 is 4.79 Å². The lowest BCUT2D eigenvalue weighted by atomic mass is 10.2. The van der Waals surface area contributed by atoms with Gasteiger partial charge in [0.15, 0.2) is 11.0 Å². The molecule has 0 bridgehead atoms. The van der Waals surface area contributed by atoms with Crippen LogP contribution < -0.4 is 10.6 Å². The molecule has 1 amide bonds. The third-order valence-corrected chi connectivity index (χ3v) is 3.17. The van der Waals surface area contributed by atoms with Gasteiger partial charge in [-0.1, -0.05) is 24.4 Å². The first-order valence-corrected chi connectivity index (χ1v) is 5.61. The minimum atomic E-state index is 0.170. The number of hydrogen-bond donors (Lipinski definition) is 1. The lowest BCUT2D eigenvalue weighted by Crippen LogP contribution is -2.33. The van der Waals surface area contributed by atoms with Crippen molar-refractivity contribution in [2.75, 3.05) is 10.6 Å². The zero-order valence-electron chi connectivity index (χ0n) is 8.77. The lowest BCUT2D eigenvalue weighted by Gasteiger charge is -2.25. The molecular formula is C10H13ClN4O. The predicted octanol–water partition coefficient (Wildman–Crippen LogP) is 1.62. The largest absolute Gasteiger partial charge is 0.382 e. The Morgan fingerprint density at radius 3 is 2.69 bits per heavy atom. The summed E-state index contributed by atoms with van der Waals surface area (Å²) in [4.78, 5) is 20.4. The lowest BCUT2D eigenvalue weighted by molar-refractivity contribution is -0.107. The summed E-state index contributed by atoms with van der Waals surface area (Å²) in [6.45, 7) is 0. The maximum absolute atomic E-state index is 11.2. The first-order valence-electron chi connectivity index (χ1n) is 5.23. The molecule has 16 heavy (non-hydrogen) atoms. The van der Waals surface area contributed by atoms with Crippen molar-refractivity contribution in [1.82, 2.24) is 9.97 Å². The Kier molecular flexibility index (Phi) is 3.24. The summed E-state index contributed by atoms with van der Waals surface area (Å²) in [5.74, 6) is 0.249. The Morgan fingerprint density at radius 1 is 1.44 bits per heavy atom. The van der Waals surface area contributed by atoms with Gasteiger partial charge in [-0.25, -0.2) is 9.97 Å². The van der Waals surface area contributed by atoms with Crippen LogP contribution in [0.25, 0.3) is 0 Å². The Bertz CT molecular complexity index is 372. The summed E-state index contributed by atoms with van der Waals surface area (Å²) < 4.78 is 0. The van der Waals surface area contributed by atoms with Crippen LogP contribution in [0.3, 0.4) is 0 Å². The van der Waals surface area contributed by atoms with Gasteiger partial charge in [-0.3, -0.25) is 4.79 Å². The molecule has 0 aliphatic heterocycles. The monoisotopic (exact) mass is 240 g/mol. The fourth-order valence-electron chi connectivity index (χ4n) is 2.11. The Morgan fingerprint density at radius 2 is 2.12 bits per heavy atom. The van der Waals surface area contributed by atoms with Crippen LogP contribution >= 0.6 is 11.6 Å². The fraction of sp³-hybridized carbons (Fsp3) is 0.500. The van der Waals surface area contributed by atoms with E-state index in [4.69, 9.17) is 17.3 Å². The number of nitrogens with two attached hydrogens (primary N) is 1. The molecule has 0 radical (unpaired) electrons. The molecule has 86 valence electrons. The van der Waals surface area contributed by atoms with Crippen molar-refractivity contribution in [3.63, 3.8) is 0 Å². The maximum Gasteiger partial charge on any atom is 0.214 e. The number of hydrogen-bond acceptors (Lipinski definition) is 4. The van der Waals surface area contributed by atoms with Gasteiger partial charge >= 0.3 is 0 Å². The van der Waals surface area contributed by atoms with E-state index in [-0.39, 0.29) is 17.0 Å². The maximum atomic E-state index is 11.2. The molecular weight excluding hydrogens is 228 g/mol. The predicted molar refractivity (Wildman–Crippen MR) is 62.3 cm³/mol. The number of amides is 1. The van der Waals surface area contributed by atoms with Crippen molar-refractivity contribution in [3.8, 4) is 0 Å². The van der Waals surface area contributed by atoms with E-state index in [2.05, 4.69) is 9.97 Å². The first-order chi connectivity index (χ1) is 7.74. The Labute approximate surface area is 98.6 Å². The molecule has 5 nitrogen and oxygen atoms in total. The number of nitrogens with zero attached hydrogens (tertiary/aromatic N) is 3. The van der Waals surface area contributed by atoms with Crippen molar-refractivity contribution in [3.05, 3.63) is 11.5 Å². The summed E-state index contributed by atoms with van der Waals surface area (Å²) >= 11 is 5.95. The van der Waals surface area contributed by atoms with Gasteiger partial charge in [0.25, 0.3) is 0 Å². The standard InChI is InChI=1S/C10H13ClN4O/c11-9-8(10(12)14-5-13-9)15(6-16)7-3-1-2-4-7/h5-7H,1-4H2,(H2,12,13,14). The Hall–Kier alpha value is -1.36. The smallest absolute Gasteiger partial charge is 0.214 e. The van der Waals surface area contributed by atoms with E-state index in [1.54, 1.807) is 4.90 Å². The third-order valence-electron chi connectivity index (χ3n) is 2.90. The zero-order valence-corrected chi connectivity index (χ0v) is 9.52. The van der Waals surface area contributed by atoms with Crippen LogP contribution in [0.15, 0.2) is 6.33 Å². The minimum absolute atomic E-state index is 0.170. The summed E-state index contributed by atoms with van der Waals surface area (Å²) in [6, 6.07) is 0.170. The van der Waals surface area contributed by atoms with E-state index in [1.807, 2.05) is 0 Å². The van der Waals surface area contributed by atoms with Crippen molar-refractivity contribution >= 4 is 29.5 Å². The van der Waals surface area contributed by atoms with Gasteiger partial charge in [0.05, 0.1) is 0 Å². The Balaban J connectivity index is 2.35. The zero-order chi connectivity index (χ0) is 11.5. The van der Waals surface area contributed by atoms with Crippen molar-refractivity contribution in [1.29, 1.82) is 0 Å². The van der Waals surface area contributed by atoms with Crippen LogP contribution in [-0.4, -0.2) is 22.4 Å². The molecule has 0 atom stereocenters. The van der Waals surface area contributed by atoms with Crippen LogP contribution in [0.5, 0.6) is 0 Å². The van der Waals surface area contributed by atoms with Crippen LogP contribution in [0.1, 0.15) is 25.7 Å². The molecule has 0 aromatic carbocycles. The second kappa shape index (κ2) is 4.65. The molecule has 1 heterocycles. The van der Waals surface area contributed by atoms with E-state index in [9.17, 15) is 4.79 Å². The van der Waals surface area contributed by atoms with E-state index >= 15 is 0 Å². The van der Waals surface area contributed by atoms with Gasteiger partial charge in [0.2, 0.25) is 6.41 Å². The van der Waals surface area contributed by atoms with Crippen molar-refractivity contribution in [2.45, 2.75) is 31.7 Å². The number of rotatable bonds is 3. The summed E-state index contributed by atoms with van der Waals surface area (Å²) in [5, 5.41) is 0.228. The minimum Gasteiger partial charge on any atom is -0.382 e. The highest BCUT2D eigenvalue weighted by molar-refractivity contribution is 6.33. The average Bonchev–Trinajstić information content (AvgIpc) is 2.77. The molecule has 0 spiro atoms. The number of anilines is 2. The fourth-order valence-corrected chi connectivity index (χ4v) is 2.35. The first kappa shape index (κ1) is 11.1. The normalized spacial score (nSPS) is 16.3. The number of aromatic nitrogens is 2. The van der Waals surface area contributed by atoms with Crippen LogP contribution in [-0.2, 0) is 4.79 Å². The van der Waals surface area contributed by atoms with Gasteiger partial charge in [0, 0.05) is 6.04 Å². The van der Waals surface area contributed by atoms with Crippen LogP contribution in [0, 0.1) is 0 Å². The molecule has 1 aliphatic rings.